The van der Waals surface area contributed by atoms with Crippen LogP contribution in [0.4, 0.5) is 0 Å². The lowest BCUT2D eigenvalue weighted by Crippen LogP contribution is -2.36. The SMILES string of the molecule is CCCOC(=O)/C=C/C(=O)OCCCCCCN1CCOCC1. The topological polar surface area (TPSA) is 65.1 Å². The van der Waals surface area contributed by atoms with Crippen molar-refractivity contribution in [3.05, 3.63) is 12.2 Å². The summed E-state index contributed by atoms with van der Waals surface area (Å²) in [5.74, 6) is -1.00. The summed E-state index contributed by atoms with van der Waals surface area (Å²) in [6.07, 6.45) is 7.18. The van der Waals surface area contributed by atoms with Crippen LogP contribution in [0.25, 0.3) is 0 Å². The van der Waals surface area contributed by atoms with Crippen LogP contribution in [-0.4, -0.2) is 62.9 Å². The predicted octanol–water partition coefficient (Wildman–Crippen LogP) is 1.93. The molecule has 0 atom stereocenters. The van der Waals surface area contributed by atoms with Crippen molar-refractivity contribution < 1.29 is 23.8 Å². The highest BCUT2D eigenvalue weighted by Gasteiger charge is 2.08. The van der Waals surface area contributed by atoms with Crippen LogP contribution in [0.5, 0.6) is 0 Å². The monoisotopic (exact) mass is 327 g/mol. The molecule has 6 heteroatoms. The predicted molar refractivity (Wildman–Crippen MR) is 87.1 cm³/mol. The van der Waals surface area contributed by atoms with Gasteiger partial charge in [-0.25, -0.2) is 9.59 Å². The minimum atomic E-state index is -0.507. The van der Waals surface area contributed by atoms with E-state index in [1.54, 1.807) is 0 Å². The van der Waals surface area contributed by atoms with Crippen LogP contribution in [0.3, 0.4) is 0 Å². The van der Waals surface area contributed by atoms with Gasteiger partial charge in [0.1, 0.15) is 0 Å². The van der Waals surface area contributed by atoms with Gasteiger partial charge in [-0.15, -0.1) is 0 Å². The fourth-order valence-corrected chi connectivity index (χ4v) is 2.22. The van der Waals surface area contributed by atoms with Gasteiger partial charge in [-0.3, -0.25) is 4.90 Å². The van der Waals surface area contributed by atoms with E-state index in [9.17, 15) is 9.59 Å². The summed E-state index contributed by atoms with van der Waals surface area (Å²) < 4.78 is 15.2. The van der Waals surface area contributed by atoms with Crippen molar-refractivity contribution in [3.8, 4) is 0 Å². The number of morpholine rings is 1. The minimum absolute atomic E-state index is 0.364. The number of carbonyl (C=O) groups excluding carboxylic acids is 2. The normalized spacial score (nSPS) is 15.7. The first-order valence-corrected chi connectivity index (χ1v) is 8.54. The Bertz CT molecular complexity index is 364. The highest BCUT2D eigenvalue weighted by molar-refractivity contribution is 5.91. The molecule has 0 radical (unpaired) electrons. The Labute approximate surface area is 138 Å². The summed E-state index contributed by atoms with van der Waals surface area (Å²) in [7, 11) is 0. The summed E-state index contributed by atoms with van der Waals surface area (Å²) in [5.41, 5.74) is 0. The maximum atomic E-state index is 11.4. The molecule has 0 bridgehead atoms. The Hall–Kier alpha value is -1.40. The lowest BCUT2D eigenvalue weighted by molar-refractivity contribution is -0.140. The van der Waals surface area contributed by atoms with Crippen molar-refractivity contribution in [2.24, 2.45) is 0 Å². The Morgan fingerprint density at radius 1 is 0.957 bits per heavy atom. The van der Waals surface area contributed by atoms with Crippen molar-refractivity contribution in [3.63, 3.8) is 0 Å². The molecule has 1 saturated heterocycles. The molecule has 132 valence electrons. The zero-order chi connectivity index (χ0) is 16.8. The van der Waals surface area contributed by atoms with E-state index in [0.29, 0.717) is 13.2 Å². The molecule has 0 aliphatic carbocycles. The smallest absolute Gasteiger partial charge is 0.331 e. The van der Waals surface area contributed by atoms with Gasteiger partial charge < -0.3 is 14.2 Å². The van der Waals surface area contributed by atoms with E-state index in [0.717, 1.165) is 77.1 Å². The number of ether oxygens (including phenoxy) is 3. The molecule has 1 aliphatic rings. The van der Waals surface area contributed by atoms with Crippen LogP contribution >= 0.6 is 0 Å². The molecule has 1 fully saturated rings. The van der Waals surface area contributed by atoms with Gasteiger partial charge in [0, 0.05) is 25.2 Å². The van der Waals surface area contributed by atoms with Gasteiger partial charge in [0.25, 0.3) is 0 Å². The highest BCUT2D eigenvalue weighted by Crippen LogP contribution is 2.04. The molecule has 1 aliphatic heterocycles. The second-order valence-electron chi connectivity index (χ2n) is 5.54. The van der Waals surface area contributed by atoms with Crippen molar-refractivity contribution in [2.45, 2.75) is 39.0 Å². The number of hydrogen-bond donors (Lipinski definition) is 0. The maximum Gasteiger partial charge on any atom is 0.331 e. The number of nitrogens with zero attached hydrogens (tertiary/aromatic N) is 1. The van der Waals surface area contributed by atoms with Crippen molar-refractivity contribution in [1.29, 1.82) is 0 Å². The molecule has 0 aromatic heterocycles. The van der Waals surface area contributed by atoms with E-state index in [1.807, 2.05) is 6.92 Å². The van der Waals surface area contributed by atoms with Crippen molar-refractivity contribution >= 4 is 11.9 Å². The highest BCUT2D eigenvalue weighted by atomic mass is 16.5. The van der Waals surface area contributed by atoms with E-state index in [-0.39, 0.29) is 0 Å². The number of hydrogen-bond acceptors (Lipinski definition) is 6. The first-order valence-electron chi connectivity index (χ1n) is 8.54. The third-order valence-electron chi connectivity index (χ3n) is 3.52. The quantitative estimate of drug-likeness (QED) is 0.328. The van der Waals surface area contributed by atoms with Gasteiger partial charge >= 0.3 is 11.9 Å². The van der Waals surface area contributed by atoms with E-state index >= 15 is 0 Å². The molecule has 0 unspecified atom stereocenters. The van der Waals surface area contributed by atoms with Gasteiger partial charge in [0.05, 0.1) is 26.4 Å². The van der Waals surface area contributed by atoms with Crippen molar-refractivity contribution in [1.82, 2.24) is 4.90 Å². The third kappa shape index (κ3) is 10.9. The van der Waals surface area contributed by atoms with Crippen LogP contribution in [0.1, 0.15) is 39.0 Å². The Kier molecular flexibility index (Phi) is 11.2. The molecule has 0 saturated carbocycles. The molecule has 0 aromatic carbocycles. The first kappa shape index (κ1) is 19.6. The average molecular weight is 327 g/mol. The van der Waals surface area contributed by atoms with E-state index in [1.165, 1.54) is 0 Å². The number of carbonyl (C=O) groups is 2. The fraction of sp³-hybridized carbons (Fsp3) is 0.765. The molecule has 23 heavy (non-hydrogen) atoms. The van der Waals surface area contributed by atoms with Crippen molar-refractivity contribution in [2.75, 3.05) is 46.1 Å². The number of rotatable bonds is 11. The molecule has 0 amide bonds. The summed E-state index contributed by atoms with van der Waals surface area (Å²) in [6, 6.07) is 0. The number of esters is 2. The molecule has 6 nitrogen and oxygen atoms in total. The number of unbranched alkanes of at least 4 members (excludes halogenated alkanes) is 3. The van der Waals surface area contributed by atoms with Gasteiger partial charge in [-0.2, -0.15) is 0 Å². The molecule has 1 rings (SSSR count). The lowest BCUT2D eigenvalue weighted by atomic mass is 10.2. The zero-order valence-corrected chi connectivity index (χ0v) is 14.1. The van der Waals surface area contributed by atoms with Crippen LogP contribution in [0.2, 0.25) is 0 Å². The average Bonchev–Trinajstić information content (AvgIpc) is 2.58. The molecule has 1 heterocycles. The van der Waals surface area contributed by atoms with Gasteiger partial charge in [-0.1, -0.05) is 19.8 Å². The Morgan fingerprint density at radius 2 is 1.57 bits per heavy atom. The van der Waals surface area contributed by atoms with Crippen LogP contribution in [-0.2, 0) is 23.8 Å². The molecular formula is C17H29NO5. The second kappa shape index (κ2) is 13.1. The molecule has 0 spiro atoms. The van der Waals surface area contributed by atoms with Crippen LogP contribution in [0, 0.1) is 0 Å². The summed E-state index contributed by atoms with van der Waals surface area (Å²) >= 11 is 0. The minimum Gasteiger partial charge on any atom is -0.463 e. The second-order valence-corrected chi connectivity index (χ2v) is 5.54. The van der Waals surface area contributed by atoms with E-state index < -0.39 is 11.9 Å². The van der Waals surface area contributed by atoms with E-state index in [2.05, 4.69) is 4.90 Å². The largest absolute Gasteiger partial charge is 0.463 e. The lowest BCUT2D eigenvalue weighted by Gasteiger charge is -2.26. The fourth-order valence-electron chi connectivity index (χ4n) is 2.22. The zero-order valence-electron chi connectivity index (χ0n) is 14.1. The van der Waals surface area contributed by atoms with E-state index in [4.69, 9.17) is 14.2 Å². The first-order chi connectivity index (χ1) is 11.2. The van der Waals surface area contributed by atoms with Crippen LogP contribution in [0.15, 0.2) is 12.2 Å². The van der Waals surface area contributed by atoms with Gasteiger partial charge in [0.2, 0.25) is 0 Å². The maximum absolute atomic E-state index is 11.4. The van der Waals surface area contributed by atoms with Gasteiger partial charge in [-0.05, 0) is 25.8 Å². The molecule has 0 N–H and O–H groups in total. The summed E-state index contributed by atoms with van der Waals surface area (Å²) in [5, 5.41) is 0. The summed E-state index contributed by atoms with van der Waals surface area (Å²) in [6.45, 7) is 7.53. The molecular weight excluding hydrogens is 298 g/mol. The summed E-state index contributed by atoms with van der Waals surface area (Å²) in [4.78, 5) is 25.0. The standard InChI is InChI=1S/C17H29NO5/c1-2-12-22-16(19)7-8-17(20)23-13-6-4-3-5-9-18-10-14-21-15-11-18/h7-8H,2-6,9-15H2,1H3/b8-7+. The van der Waals surface area contributed by atoms with Gasteiger partial charge in [0.15, 0.2) is 0 Å². The third-order valence-corrected chi connectivity index (χ3v) is 3.52. The Balaban J connectivity index is 1.92. The molecule has 0 aromatic rings. The van der Waals surface area contributed by atoms with Crippen LogP contribution < -0.4 is 0 Å². The Morgan fingerprint density at radius 3 is 2.22 bits per heavy atom.